The molecule has 0 spiro atoms. The van der Waals surface area contributed by atoms with Gasteiger partial charge in [-0.3, -0.25) is 4.79 Å². The molecule has 0 aromatic carbocycles. The van der Waals surface area contributed by atoms with E-state index in [1.165, 1.54) is 0 Å². The van der Waals surface area contributed by atoms with Crippen molar-refractivity contribution in [2.24, 2.45) is 0 Å². The van der Waals surface area contributed by atoms with Crippen molar-refractivity contribution in [3.8, 4) is 0 Å². The van der Waals surface area contributed by atoms with Crippen LogP contribution in [0, 0.1) is 0 Å². The summed E-state index contributed by atoms with van der Waals surface area (Å²) in [5.74, 6) is 0. The van der Waals surface area contributed by atoms with Crippen molar-refractivity contribution in [1.82, 2.24) is 10.6 Å². The van der Waals surface area contributed by atoms with E-state index in [1.54, 1.807) is 0 Å². The number of hydrogen-bond acceptors (Lipinski definition) is 4. The Hall–Kier alpha value is -0.610. The van der Waals surface area contributed by atoms with E-state index in [9.17, 15) is 4.79 Å². The van der Waals surface area contributed by atoms with Crippen molar-refractivity contribution in [2.75, 3.05) is 32.8 Å². The van der Waals surface area contributed by atoms with E-state index in [4.69, 9.17) is 0 Å². The lowest BCUT2D eigenvalue weighted by atomic mass is 10.4. The summed E-state index contributed by atoms with van der Waals surface area (Å²) < 4.78 is 4.39. The third kappa shape index (κ3) is 11.4. The topological polar surface area (TPSA) is 50.4 Å². The Kier molecular flexibility index (Phi) is 10.9. The van der Waals surface area contributed by atoms with Gasteiger partial charge in [-0.05, 0) is 6.42 Å². The molecule has 78 valence electrons. The summed E-state index contributed by atoms with van der Waals surface area (Å²) in [6.45, 7) is 7.66. The van der Waals surface area contributed by atoms with Crippen molar-refractivity contribution >= 4 is 6.47 Å². The standard InChI is InChI=1S/C5H10O2.C4H10N2/c1-2-3-4-7-5-6;1-2-6-4-3-5-1/h5H,2-4H2,1H3;5-6H,1-4H2. The Morgan fingerprint density at radius 3 is 2.08 bits per heavy atom. The normalized spacial score (nSPS) is 15.5. The number of unbranched alkanes of at least 4 members (excludes halogenated alkanes) is 1. The van der Waals surface area contributed by atoms with Crippen LogP contribution in [0.4, 0.5) is 0 Å². The number of rotatable bonds is 4. The van der Waals surface area contributed by atoms with Gasteiger partial charge in [0.2, 0.25) is 0 Å². The molecule has 0 bridgehead atoms. The minimum atomic E-state index is 0.482. The van der Waals surface area contributed by atoms with E-state index in [-0.39, 0.29) is 0 Å². The number of carbonyl (C=O) groups excluding carboxylic acids is 1. The van der Waals surface area contributed by atoms with Gasteiger partial charge in [0.1, 0.15) is 0 Å². The molecule has 0 aromatic heterocycles. The highest BCUT2D eigenvalue weighted by molar-refractivity contribution is 5.36. The molecular weight excluding hydrogens is 168 g/mol. The van der Waals surface area contributed by atoms with Gasteiger partial charge in [-0.25, -0.2) is 0 Å². The van der Waals surface area contributed by atoms with Gasteiger partial charge < -0.3 is 15.4 Å². The van der Waals surface area contributed by atoms with Crippen LogP contribution in [-0.4, -0.2) is 39.3 Å². The number of nitrogens with one attached hydrogen (secondary N) is 2. The highest BCUT2D eigenvalue weighted by atomic mass is 16.5. The van der Waals surface area contributed by atoms with Crippen LogP contribution in [0.15, 0.2) is 0 Å². The Morgan fingerprint density at radius 2 is 1.77 bits per heavy atom. The minimum Gasteiger partial charge on any atom is -0.468 e. The molecule has 1 aliphatic heterocycles. The van der Waals surface area contributed by atoms with E-state index < -0.39 is 0 Å². The van der Waals surface area contributed by atoms with Gasteiger partial charge in [0, 0.05) is 26.2 Å². The molecule has 0 saturated carbocycles. The molecule has 1 rings (SSSR count). The zero-order valence-corrected chi connectivity index (χ0v) is 8.34. The zero-order chi connectivity index (χ0) is 9.78. The maximum absolute atomic E-state index is 9.46. The molecule has 1 saturated heterocycles. The largest absolute Gasteiger partial charge is 0.468 e. The van der Waals surface area contributed by atoms with Crippen molar-refractivity contribution < 1.29 is 9.53 Å². The fourth-order valence-electron chi connectivity index (χ4n) is 0.879. The summed E-state index contributed by atoms with van der Waals surface area (Å²) in [6.07, 6.45) is 2.05. The Bertz CT molecular complexity index is 94.3. The van der Waals surface area contributed by atoms with Gasteiger partial charge in [-0.15, -0.1) is 0 Å². The number of piperazine rings is 1. The monoisotopic (exact) mass is 188 g/mol. The summed E-state index contributed by atoms with van der Waals surface area (Å²) in [7, 11) is 0. The van der Waals surface area contributed by atoms with Crippen LogP contribution in [0.1, 0.15) is 19.8 Å². The Balaban J connectivity index is 0.000000223. The Labute approximate surface area is 80.0 Å². The van der Waals surface area contributed by atoms with Gasteiger partial charge in [0.15, 0.2) is 0 Å². The molecule has 0 atom stereocenters. The number of hydrogen-bond donors (Lipinski definition) is 2. The lowest BCUT2D eigenvalue weighted by molar-refractivity contribution is -0.128. The average Bonchev–Trinajstić information content (AvgIpc) is 2.22. The molecule has 0 radical (unpaired) electrons. The van der Waals surface area contributed by atoms with Crippen molar-refractivity contribution in [2.45, 2.75) is 19.8 Å². The van der Waals surface area contributed by atoms with Crippen LogP contribution in [0.3, 0.4) is 0 Å². The molecule has 4 nitrogen and oxygen atoms in total. The molecule has 1 fully saturated rings. The van der Waals surface area contributed by atoms with Crippen LogP contribution in [0.5, 0.6) is 0 Å². The summed E-state index contributed by atoms with van der Waals surface area (Å²) in [5.41, 5.74) is 0. The zero-order valence-electron chi connectivity index (χ0n) is 8.34. The summed E-state index contributed by atoms with van der Waals surface area (Å²) in [6, 6.07) is 0. The molecule has 0 aliphatic carbocycles. The quantitative estimate of drug-likeness (QED) is 0.486. The fourth-order valence-corrected chi connectivity index (χ4v) is 0.879. The molecule has 0 unspecified atom stereocenters. The van der Waals surface area contributed by atoms with Crippen molar-refractivity contribution in [3.63, 3.8) is 0 Å². The van der Waals surface area contributed by atoms with E-state index >= 15 is 0 Å². The first kappa shape index (κ1) is 12.4. The molecule has 2 N–H and O–H groups in total. The molecule has 0 aromatic rings. The highest BCUT2D eigenvalue weighted by Gasteiger charge is 1.91. The van der Waals surface area contributed by atoms with Gasteiger partial charge in [0.05, 0.1) is 6.61 Å². The van der Waals surface area contributed by atoms with E-state index in [0.717, 1.165) is 39.0 Å². The van der Waals surface area contributed by atoms with Crippen LogP contribution < -0.4 is 10.6 Å². The molecule has 1 heterocycles. The molecule has 4 heteroatoms. The first-order valence-electron chi connectivity index (χ1n) is 4.88. The fraction of sp³-hybridized carbons (Fsp3) is 0.889. The smallest absolute Gasteiger partial charge is 0.293 e. The van der Waals surface area contributed by atoms with Crippen LogP contribution in [0.2, 0.25) is 0 Å². The molecule has 13 heavy (non-hydrogen) atoms. The van der Waals surface area contributed by atoms with Crippen molar-refractivity contribution in [1.29, 1.82) is 0 Å². The van der Waals surface area contributed by atoms with Crippen LogP contribution in [0.25, 0.3) is 0 Å². The van der Waals surface area contributed by atoms with Gasteiger partial charge >= 0.3 is 0 Å². The first-order chi connectivity index (χ1) is 6.41. The second-order valence-corrected chi connectivity index (χ2v) is 2.82. The predicted molar refractivity (Wildman–Crippen MR) is 52.7 cm³/mol. The predicted octanol–water partition coefficient (Wildman–Crippen LogP) is 0.139. The summed E-state index contributed by atoms with van der Waals surface area (Å²) in [4.78, 5) is 9.46. The molecule has 1 aliphatic rings. The second kappa shape index (κ2) is 11.4. The molecular formula is C9H20N2O2. The van der Waals surface area contributed by atoms with Crippen molar-refractivity contribution in [3.05, 3.63) is 0 Å². The van der Waals surface area contributed by atoms with Gasteiger partial charge in [-0.2, -0.15) is 0 Å². The lowest BCUT2D eigenvalue weighted by Crippen LogP contribution is -2.39. The highest BCUT2D eigenvalue weighted by Crippen LogP contribution is 1.83. The number of ether oxygens (including phenoxy) is 1. The van der Waals surface area contributed by atoms with E-state index in [0.29, 0.717) is 13.1 Å². The minimum absolute atomic E-state index is 0.482. The average molecular weight is 188 g/mol. The third-order valence-corrected chi connectivity index (χ3v) is 1.64. The van der Waals surface area contributed by atoms with E-state index in [2.05, 4.69) is 15.4 Å². The first-order valence-corrected chi connectivity index (χ1v) is 4.88. The van der Waals surface area contributed by atoms with Crippen LogP contribution in [-0.2, 0) is 9.53 Å². The van der Waals surface area contributed by atoms with Crippen LogP contribution >= 0.6 is 0 Å². The van der Waals surface area contributed by atoms with Gasteiger partial charge in [-0.1, -0.05) is 13.3 Å². The van der Waals surface area contributed by atoms with Gasteiger partial charge in [0.25, 0.3) is 6.47 Å². The second-order valence-electron chi connectivity index (χ2n) is 2.82. The lowest BCUT2D eigenvalue weighted by Gasteiger charge is -2.11. The SMILES string of the molecule is C1CNCCN1.CCCCOC=O. The number of carbonyl (C=O) groups is 1. The van der Waals surface area contributed by atoms with E-state index in [1.807, 2.05) is 6.92 Å². The Morgan fingerprint density at radius 1 is 1.23 bits per heavy atom. The summed E-state index contributed by atoms with van der Waals surface area (Å²) in [5, 5.41) is 6.44. The molecule has 0 amide bonds. The third-order valence-electron chi connectivity index (χ3n) is 1.64. The maximum Gasteiger partial charge on any atom is 0.293 e. The maximum atomic E-state index is 9.46. The summed E-state index contributed by atoms with van der Waals surface area (Å²) >= 11 is 0.